The minimum atomic E-state index is -0.762. The Morgan fingerprint density at radius 3 is 2.26 bits per heavy atom. The molecule has 1 heterocycles. The molecule has 0 spiro atoms. The van der Waals surface area contributed by atoms with E-state index in [0.717, 1.165) is 32.5 Å². The van der Waals surface area contributed by atoms with Gasteiger partial charge in [0, 0.05) is 12.1 Å². The number of likely N-dealkylation sites (tertiary alicyclic amines) is 1. The Balaban J connectivity index is 2.04. The summed E-state index contributed by atoms with van der Waals surface area (Å²) < 4.78 is 17.6. The van der Waals surface area contributed by atoms with Crippen molar-refractivity contribution in [3.05, 3.63) is 59.2 Å². The summed E-state index contributed by atoms with van der Waals surface area (Å²) in [6, 6.07) is 11.7. The SMILES string of the molecule is CCCOc1ccc(C(O)=C2C(=O)C(=O)N(CCCN(CC)CC)C2c2ccc(OCCC(C)C)c(OCC)c2)cc1. The van der Waals surface area contributed by atoms with Crippen molar-refractivity contribution in [3.63, 3.8) is 0 Å². The third-order valence-electron chi connectivity index (χ3n) is 7.44. The fourth-order valence-corrected chi connectivity index (χ4v) is 5.03. The molecule has 42 heavy (non-hydrogen) atoms. The molecule has 230 valence electrons. The maximum absolute atomic E-state index is 13.5. The van der Waals surface area contributed by atoms with Gasteiger partial charge in [0.15, 0.2) is 11.5 Å². The molecule has 2 aromatic carbocycles. The number of carbonyl (C=O) groups is 2. The zero-order valence-corrected chi connectivity index (χ0v) is 26.2. The second kappa shape index (κ2) is 16.2. The Bertz CT molecular complexity index is 1200. The van der Waals surface area contributed by atoms with Crippen LogP contribution in [0.3, 0.4) is 0 Å². The minimum absolute atomic E-state index is 0.0704. The highest BCUT2D eigenvalue weighted by atomic mass is 16.5. The summed E-state index contributed by atoms with van der Waals surface area (Å²) in [7, 11) is 0. The summed E-state index contributed by atoms with van der Waals surface area (Å²) in [4.78, 5) is 30.8. The van der Waals surface area contributed by atoms with E-state index in [0.29, 0.717) is 67.1 Å². The van der Waals surface area contributed by atoms with Gasteiger partial charge in [-0.05, 0) is 93.7 Å². The maximum atomic E-state index is 13.5. The second-order valence-electron chi connectivity index (χ2n) is 10.9. The molecule has 0 aliphatic carbocycles. The van der Waals surface area contributed by atoms with E-state index in [4.69, 9.17) is 14.2 Å². The predicted octanol–water partition coefficient (Wildman–Crippen LogP) is 6.45. The number of hydrogen-bond donors (Lipinski definition) is 1. The number of Topliss-reactive ketones (excluding diaryl/α,β-unsaturated/α-hetero) is 1. The smallest absolute Gasteiger partial charge is 0.295 e. The first-order valence-corrected chi connectivity index (χ1v) is 15.4. The lowest BCUT2D eigenvalue weighted by Crippen LogP contribution is -2.33. The lowest BCUT2D eigenvalue weighted by Gasteiger charge is -2.27. The third-order valence-corrected chi connectivity index (χ3v) is 7.44. The number of hydrogen-bond acceptors (Lipinski definition) is 7. The van der Waals surface area contributed by atoms with E-state index in [2.05, 4.69) is 32.6 Å². The quantitative estimate of drug-likeness (QED) is 0.131. The topological polar surface area (TPSA) is 88.5 Å². The molecule has 0 bridgehead atoms. The van der Waals surface area contributed by atoms with Gasteiger partial charge in [0.1, 0.15) is 11.5 Å². The number of ketones is 1. The molecular formula is C34H48N2O6. The summed E-state index contributed by atoms with van der Waals surface area (Å²) in [6.07, 6.45) is 2.48. The van der Waals surface area contributed by atoms with Crippen molar-refractivity contribution in [2.45, 2.75) is 66.8 Å². The van der Waals surface area contributed by atoms with Gasteiger partial charge in [-0.2, -0.15) is 0 Å². The molecule has 2 aromatic rings. The summed E-state index contributed by atoms with van der Waals surface area (Å²) in [6.45, 7) is 17.0. The first-order valence-electron chi connectivity index (χ1n) is 15.4. The van der Waals surface area contributed by atoms with Crippen LogP contribution < -0.4 is 14.2 Å². The fourth-order valence-electron chi connectivity index (χ4n) is 5.03. The maximum Gasteiger partial charge on any atom is 0.295 e. The Morgan fingerprint density at radius 1 is 0.929 bits per heavy atom. The molecule has 1 fully saturated rings. The molecule has 1 saturated heterocycles. The van der Waals surface area contributed by atoms with E-state index in [1.807, 2.05) is 32.0 Å². The number of benzene rings is 2. The van der Waals surface area contributed by atoms with Crippen molar-refractivity contribution < 1.29 is 28.9 Å². The fraction of sp³-hybridized carbons (Fsp3) is 0.529. The van der Waals surface area contributed by atoms with E-state index in [-0.39, 0.29) is 11.3 Å². The third kappa shape index (κ3) is 8.28. The van der Waals surface area contributed by atoms with Crippen molar-refractivity contribution in [2.24, 2.45) is 5.92 Å². The lowest BCUT2D eigenvalue weighted by molar-refractivity contribution is -0.140. The van der Waals surface area contributed by atoms with Gasteiger partial charge in [0.05, 0.1) is 31.4 Å². The van der Waals surface area contributed by atoms with Crippen LogP contribution in [-0.4, -0.2) is 72.6 Å². The molecule has 1 aliphatic rings. The van der Waals surface area contributed by atoms with E-state index in [1.54, 1.807) is 29.2 Å². The summed E-state index contributed by atoms with van der Waals surface area (Å²) in [5.41, 5.74) is 1.20. The van der Waals surface area contributed by atoms with Gasteiger partial charge in [-0.15, -0.1) is 0 Å². The number of aliphatic hydroxyl groups excluding tert-OH is 1. The normalized spacial score (nSPS) is 16.5. The molecular weight excluding hydrogens is 532 g/mol. The molecule has 3 rings (SSSR count). The van der Waals surface area contributed by atoms with Crippen LogP contribution in [0.4, 0.5) is 0 Å². The second-order valence-corrected chi connectivity index (χ2v) is 10.9. The first-order chi connectivity index (χ1) is 20.2. The highest BCUT2D eigenvalue weighted by Crippen LogP contribution is 2.42. The van der Waals surface area contributed by atoms with Crippen molar-refractivity contribution >= 4 is 17.4 Å². The van der Waals surface area contributed by atoms with Crippen LogP contribution in [-0.2, 0) is 9.59 Å². The molecule has 0 saturated carbocycles. The molecule has 1 aliphatic heterocycles. The van der Waals surface area contributed by atoms with Crippen LogP contribution in [0, 0.1) is 5.92 Å². The van der Waals surface area contributed by atoms with Crippen LogP contribution in [0.1, 0.15) is 78.0 Å². The van der Waals surface area contributed by atoms with Crippen LogP contribution in [0.5, 0.6) is 17.2 Å². The Kier molecular flexibility index (Phi) is 12.7. The molecule has 1 N–H and O–H groups in total. The molecule has 1 unspecified atom stereocenters. The molecule has 8 heteroatoms. The number of ether oxygens (including phenoxy) is 3. The minimum Gasteiger partial charge on any atom is -0.507 e. The van der Waals surface area contributed by atoms with E-state index in [9.17, 15) is 14.7 Å². The van der Waals surface area contributed by atoms with Gasteiger partial charge in [-0.1, -0.05) is 40.7 Å². The highest BCUT2D eigenvalue weighted by Gasteiger charge is 2.46. The van der Waals surface area contributed by atoms with Crippen LogP contribution >= 0.6 is 0 Å². The van der Waals surface area contributed by atoms with E-state index >= 15 is 0 Å². The van der Waals surface area contributed by atoms with E-state index in [1.165, 1.54) is 0 Å². The Hall–Kier alpha value is -3.52. The van der Waals surface area contributed by atoms with Gasteiger partial charge in [-0.3, -0.25) is 9.59 Å². The van der Waals surface area contributed by atoms with Crippen molar-refractivity contribution in [2.75, 3.05) is 46.0 Å². The lowest BCUT2D eigenvalue weighted by atomic mass is 9.95. The van der Waals surface area contributed by atoms with Crippen LogP contribution in [0.15, 0.2) is 48.0 Å². The Morgan fingerprint density at radius 2 is 1.64 bits per heavy atom. The van der Waals surface area contributed by atoms with E-state index < -0.39 is 17.7 Å². The zero-order valence-electron chi connectivity index (χ0n) is 26.2. The zero-order chi connectivity index (χ0) is 30.6. The Labute approximate surface area is 251 Å². The monoisotopic (exact) mass is 580 g/mol. The molecule has 1 atom stereocenters. The van der Waals surface area contributed by atoms with Gasteiger partial charge in [0.25, 0.3) is 11.7 Å². The molecule has 8 nitrogen and oxygen atoms in total. The molecule has 0 radical (unpaired) electrons. The van der Waals surface area contributed by atoms with Gasteiger partial charge < -0.3 is 29.1 Å². The van der Waals surface area contributed by atoms with Crippen molar-refractivity contribution in [3.8, 4) is 17.2 Å². The largest absolute Gasteiger partial charge is 0.507 e. The van der Waals surface area contributed by atoms with Gasteiger partial charge >= 0.3 is 0 Å². The standard InChI is InChI=1S/C34H48N2O6/c1-7-21-41-27-15-12-25(13-16-27)32(37)30-31(36(34(39)33(30)38)20-11-19-35(8-2)9-3)26-14-17-28(29(23-26)40-10-4)42-22-18-24(5)6/h12-17,23-24,31,37H,7-11,18-22H2,1-6H3. The number of rotatable bonds is 17. The summed E-state index contributed by atoms with van der Waals surface area (Å²) in [5.74, 6) is 0.828. The number of aliphatic hydroxyl groups is 1. The summed E-state index contributed by atoms with van der Waals surface area (Å²) >= 11 is 0. The predicted molar refractivity (Wildman–Crippen MR) is 166 cm³/mol. The molecule has 0 aromatic heterocycles. The average Bonchev–Trinajstić information content (AvgIpc) is 3.24. The van der Waals surface area contributed by atoms with Crippen molar-refractivity contribution in [1.29, 1.82) is 0 Å². The summed E-state index contributed by atoms with van der Waals surface area (Å²) in [5, 5.41) is 11.5. The number of nitrogens with zero attached hydrogens (tertiary/aromatic N) is 2. The van der Waals surface area contributed by atoms with Gasteiger partial charge in [-0.25, -0.2) is 0 Å². The van der Waals surface area contributed by atoms with Crippen molar-refractivity contribution in [1.82, 2.24) is 9.80 Å². The number of amides is 1. The average molecular weight is 581 g/mol. The molecule has 1 amide bonds. The highest BCUT2D eigenvalue weighted by molar-refractivity contribution is 6.46. The first kappa shape index (κ1) is 33.0. The van der Waals surface area contributed by atoms with Gasteiger partial charge in [0.2, 0.25) is 0 Å². The van der Waals surface area contributed by atoms with Crippen LogP contribution in [0.2, 0.25) is 0 Å². The van der Waals surface area contributed by atoms with Crippen LogP contribution in [0.25, 0.3) is 5.76 Å². The number of carbonyl (C=O) groups excluding carboxylic acids is 2.